The topological polar surface area (TPSA) is 69.9 Å². The predicted octanol–water partition coefficient (Wildman–Crippen LogP) is 4.02. The summed E-state index contributed by atoms with van der Waals surface area (Å²) in [6, 6.07) is 15.9. The number of para-hydroxylation sites is 1. The first-order valence-electron chi connectivity index (χ1n) is 8.29. The van der Waals surface area contributed by atoms with Crippen molar-refractivity contribution in [1.82, 2.24) is 19.7 Å². The van der Waals surface area contributed by atoms with Crippen LogP contribution in [0.3, 0.4) is 0 Å². The molecule has 27 heavy (non-hydrogen) atoms. The molecule has 0 aliphatic carbocycles. The van der Waals surface area contributed by atoms with Gasteiger partial charge in [0.25, 0.3) is 0 Å². The first kappa shape index (κ1) is 17.7. The highest BCUT2D eigenvalue weighted by atomic mass is 32.2. The third-order valence-electron chi connectivity index (χ3n) is 3.84. The van der Waals surface area contributed by atoms with Crippen molar-refractivity contribution in [2.45, 2.75) is 18.7 Å². The largest absolute Gasteiger partial charge is 0.458 e. The summed E-state index contributed by atoms with van der Waals surface area (Å²) in [5.41, 5.74) is 3.06. The van der Waals surface area contributed by atoms with Crippen LogP contribution in [0.5, 0.6) is 0 Å². The number of carbonyl (C=O) groups excluding carboxylic acids is 1. The number of hydrogen-bond acceptors (Lipinski definition) is 7. The molecule has 0 amide bonds. The molecule has 0 fully saturated rings. The lowest BCUT2D eigenvalue weighted by Crippen LogP contribution is -2.08. The van der Waals surface area contributed by atoms with Crippen LogP contribution in [0.15, 0.2) is 60.0 Å². The first-order valence-corrected chi connectivity index (χ1v) is 10.1. The van der Waals surface area contributed by atoms with E-state index in [1.165, 1.54) is 28.7 Å². The summed E-state index contributed by atoms with van der Waals surface area (Å²) in [6.45, 7) is 2.22. The van der Waals surface area contributed by atoms with Gasteiger partial charge in [0, 0.05) is 5.69 Å². The summed E-state index contributed by atoms with van der Waals surface area (Å²) in [4.78, 5) is 16.6. The zero-order valence-corrected chi connectivity index (χ0v) is 16.2. The monoisotopic (exact) mass is 396 g/mol. The van der Waals surface area contributed by atoms with Gasteiger partial charge in [0.15, 0.2) is 5.16 Å². The number of rotatable bonds is 6. The maximum Gasteiger partial charge on any atom is 0.316 e. The fourth-order valence-electron chi connectivity index (χ4n) is 2.49. The molecule has 0 saturated heterocycles. The summed E-state index contributed by atoms with van der Waals surface area (Å²) in [6.07, 6.45) is 1.64. The van der Waals surface area contributed by atoms with Gasteiger partial charge in [-0.25, -0.2) is 4.98 Å². The Morgan fingerprint density at radius 2 is 2.00 bits per heavy atom. The highest BCUT2D eigenvalue weighted by Crippen LogP contribution is 2.23. The molecule has 4 rings (SSSR count). The molecule has 0 unspecified atom stereocenters. The second-order valence-electron chi connectivity index (χ2n) is 5.84. The lowest BCUT2D eigenvalue weighted by atomic mass is 10.2. The number of esters is 1. The van der Waals surface area contributed by atoms with Crippen molar-refractivity contribution in [2.24, 2.45) is 0 Å². The summed E-state index contributed by atoms with van der Waals surface area (Å²) in [7, 11) is 0. The third-order valence-corrected chi connectivity index (χ3v) is 5.77. The number of thioether (sulfide) groups is 1. The summed E-state index contributed by atoms with van der Waals surface area (Å²) in [5.74, 6) is -0.146. The molecular formula is C19H16N4O2S2. The van der Waals surface area contributed by atoms with Gasteiger partial charge in [0.1, 0.15) is 17.9 Å². The minimum Gasteiger partial charge on any atom is -0.458 e. The molecule has 2 aromatic carbocycles. The standard InChI is InChI=1S/C19H16N4O2S2/c1-13-6-8-14(9-7-13)23-12-20-22-19(23)26-11-18(24)25-10-17-21-15-4-2-3-5-16(15)27-17/h2-9,12H,10-11H2,1H3. The number of ether oxygens (including phenoxy) is 1. The van der Waals surface area contributed by atoms with E-state index in [9.17, 15) is 4.79 Å². The molecule has 0 aliphatic heterocycles. The smallest absolute Gasteiger partial charge is 0.316 e. The molecule has 6 nitrogen and oxygen atoms in total. The SMILES string of the molecule is Cc1ccc(-n2cnnc2SCC(=O)OCc2nc3ccccc3s2)cc1. The van der Waals surface area contributed by atoms with Crippen LogP contribution < -0.4 is 0 Å². The molecule has 0 atom stereocenters. The Morgan fingerprint density at radius 3 is 2.81 bits per heavy atom. The molecule has 136 valence electrons. The van der Waals surface area contributed by atoms with Crippen molar-refractivity contribution in [1.29, 1.82) is 0 Å². The van der Waals surface area contributed by atoms with Crippen LogP contribution in [0.2, 0.25) is 0 Å². The number of aryl methyl sites for hydroxylation is 1. The number of benzene rings is 2. The maximum absolute atomic E-state index is 12.1. The Hall–Kier alpha value is -2.71. The Kier molecular flexibility index (Phi) is 5.17. The van der Waals surface area contributed by atoms with E-state index in [1.54, 1.807) is 6.33 Å². The molecule has 0 saturated carbocycles. The molecule has 0 N–H and O–H groups in total. The molecule has 0 aliphatic rings. The maximum atomic E-state index is 12.1. The number of nitrogens with zero attached hydrogens (tertiary/aromatic N) is 4. The average molecular weight is 396 g/mol. The molecule has 0 spiro atoms. The minimum absolute atomic E-state index is 0.162. The van der Waals surface area contributed by atoms with Crippen LogP contribution in [0, 0.1) is 6.92 Å². The summed E-state index contributed by atoms with van der Waals surface area (Å²) < 4.78 is 8.29. The van der Waals surface area contributed by atoms with Crippen LogP contribution >= 0.6 is 23.1 Å². The number of fused-ring (bicyclic) bond motifs is 1. The molecule has 2 heterocycles. The van der Waals surface area contributed by atoms with Crippen LogP contribution in [-0.4, -0.2) is 31.5 Å². The molecule has 0 bridgehead atoms. The van der Waals surface area contributed by atoms with Gasteiger partial charge in [-0.1, -0.05) is 41.6 Å². The Balaban J connectivity index is 1.34. The number of aromatic nitrogens is 4. The highest BCUT2D eigenvalue weighted by Gasteiger charge is 2.12. The van der Waals surface area contributed by atoms with Gasteiger partial charge in [0.2, 0.25) is 0 Å². The van der Waals surface area contributed by atoms with Crippen molar-refractivity contribution in [2.75, 3.05) is 5.75 Å². The van der Waals surface area contributed by atoms with Gasteiger partial charge >= 0.3 is 5.97 Å². The van der Waals surface area contributed by atoms with Gasteiger partial charge in [0.05, 0.1) is 16.0 Å². The second-order valence-corrected chi connectivity index (χ2v) is 7.90. The van der Waals surface area contributed by atoms with Crippen molar-refractivity contribution < 1.29 is 9.53 Å². The Bertz CT molecular complexity index is 1040. The van der Waals surface area contributed by atoms with Crippen LogP contribution in [0.1, 0.15) is 10.6 Å². The number of carbonyl (C=O) groups is 1. The van der Waals surface area contributed by atoms with Gasteiger partial charge < -0.3 is 4.74 Å². The van der Waals surface area contributed by atoms with E-state index in [0.717, 1.165) is 20.9 Å². The van der Waals surface area contributed by atoms with E-state index in [4.69, 9.17) is 4.74 Å². The lowest BCUT2D eigenvalue weighted by Gasteiger charge is -2.06. The van der Waals surface area contributed by atoms with Crippen molar-refractivity contribution in [3.63, 3.8) is 0 Å². The van der Waals surface area contributed by atoms with Crippen molar-refractivity contribution in [3.05, 3.63) is 65.4 Å². The fraction of sp³-hybridized carbons (Fsp3) is 0.158. The number of hydrogen-bond donors (Lipinski definition) is 0. The van der Waals surface area contributed by atoms with Crippen molar-refractivity contribution >= 4 is 39.3 Å². The van der Waals surface area contributed by atoms with Gasteiger partial charge in [-0.3, -0.25) is 9.36 Å². The van der Waals surface area contributed by atoms with Crippen molar-refractivity contribution in [3.8, 4) is 5.69 Å². The normalized spacial score (nSPS) is 11.0. The highest BCUT2D eigenvalue weighted by molar-refractivity contribution is 7.99. The molecule has 2 aromatic heterocycles. The van der Waals surface area contributed by atoms with E-state index in [-0.39, 0.29) is 18.3 Å². The van der Waals surface area contributed by atoms with E-state index in [0.29, 0.717) is 5.16 Å². The van der Waals surface area contributed by atoms with Gasteiger partial charge in [-0.2, -0.15) is 0 Å². The zero-order valence-electron chi connectivity index (χ0n) is 14.5. The molecular weight excluding hydrogens is 380 g/mol. The Labute approximate surface area is 164 Å². The Morgan fingerprint density at radius 1 is 1.19 bits per heavy atom. The lowest BCUT2D eigenvalue weighted by molar-refractivity contribution is -0.141. The van der Waals surface area contributed by atoms with E-state index >= 15 is 0 Å². The average Bonchev–Trinajstić information content (AvgIpc) is 3.31. The van der Waals surface area contributed by atoms with Crippen LogP contribution in [0.4, 0.5) is 0 Å². The summed E-state index contributed by atoms with van der Waals surface area (Å²) >= 11 is 2.83. The third kappa shape index (κ3) is 4.17. The van der Waals surface area contributed by atoms with Gasteiger partial charge in [-0.05, 0) is 31.2 Å². The van der Waals surface area contributed by atoms with Gasteiger partial charge in [-0.15, -0.1) is 21.5 Å². The fourth-order valence-corrected chi connectivity index (χ4v) is 4.10. The quantitative estimate of drug-likeness (QED) is 0.362. The zero-order chi connectivity index (χ0) is 18.6. The van der Waals surface area contributed by atoms with E-state index in [2.05, 4.69) is 15.2 Å². The van der Waals surface area contributed by atoms with Crippen LogP contribution in [0.25, 0.3) is 15.9 Å². The van der Waals surface area contributed by atoms with Crippen LogP contribution in [-0.2, 0) is 16.1 Å². The molecule has 0 radical (unpaired) electrons. The van der Waals surface area contributed by atoms with E-state index < -0.39 is 0 Å². The minimum atomic E-state index is -0.308. The summed E-state index contributed by atoms with van der Waals surface area (Å²) in [5, 5.41) is 9.48. The molecule has 8 heteroatoms. The predicted molar refractivity (Wildman–Crippen MR) is 106 cm³/mol. The van der Waals surface area contributed by atoms with E-state index in [1.807, 2.05) is 60.0 Å². The second kappa shape index (κ2) is 7.89. The molecule has 4 aromatic rings. The number of thiazole rings is 1. The first-order chi connectivity index (χ1) is 13.2.